The molecule has 0 aromatic heterocycles. The zero-order valence-corrected chi connectivity index (χ0v) is 12.8. The first-order valence-corrected chi connectivity index (χ1v) is 7.85. The lowest BCUT2D eigenvalue weighted by molar-refractivity contribution is 0.0617. The summed E-state index contributed by atoms with van der Waals surface area (Å²) in [5.41, 5.74) is 0.707. The highest BCUT2D eigenvalue weighted by Crippen LogP contribution is 2.14. The van der Waals surface area contributed by atoms with Crippen LogP contribution in [0.5, 0.6) is 5.75 Å². The number of Topliss-reactive ketones (excluding diaryl/α,β-unsaturated/α-hetero) is 1. The SMILES string of the molecule is CCC(=O)c1ccc(OC[C@@H](O)CN2CCCCC2)cc1. The first kappa shape index (κ1) is 16.0. The van der Waals surface area contributed by atoms with Crippen molar-refractivity contribution >= 4 is 5.78 Å². The highest BCUT2D eigenvalue weighted by molar-refractivity contribution is 5.95. The van der Waals surface area contributed by atoms with Gasteiger partial charge >= 0.3 is 0 Å². The van der Waals surface area contributed by atoms with Gasteiger partial charge in [-0.25, -0.2) is 0 Å². The van der Waals surface area contributed by atoms with E-state index in [2.05, 4.69) is 4.90 Å². The second-order valence-electron chi connectivity index (χ2n) is 5.63. The van der Waals surface area contributed by atoms with Crippen LogP contribution in [0.3, 0.4) is 0 Å². The van der Waals surface area contributed by atoms with Crippen LogP contribution in [0.4, 0.5) is 0 Å². The van der Waals surface area contributed by atoms with Crippen LogP contribution in [-0.2, 0) is 0 Å². The smallest absolute Gasteiger partial charge is 0.162 e. The zero-order valence-electron chi connectivity index (χ0n) is 12.8. The Kier molecular flexibility index (Phi) is 6.21. The summed E-state index contributed by atoms with van der Waals surface area (Å²) in [5, 5.41) is 10.0. The molecule has 21 heavy (non-hydrogen) atoms. The number of β-amino-alcohol motifs (C(OH)–C–C–N with tert-alkyl or cyclic N) is 1. The van der Waals surface area contributed by atoms with Crippen LogP contribution in [0.25, 0.3) is 0 Å². The van der Waals surface area contributed by atoms with Crippen LogP contribution < -0.4 is 4.74 Å². The normalized spacial score (nSPS) is 17.4. The molecule has 116 valence electrons. The molecular weight excluding hydrogens is 266 g/mol. The second kappa shape index (κ2) is 8.15. The quantitative estimate of drug-likeness (QED) is 0.784. The number of hydrogen-bond acceptors (Lipinski definition) is 4. The molecule has 0 amide bonds. The van der Waals surface area contributed by atoms with Gasteiger partial charge in [-0.1, -0.05) is 13.3 Å². The summed E-state index contributed by atoms with van der Waals surface area (Å²) in [7, 11) is 0. The van der Waals surface area contributed by atoms with Gasteiger partial charge in [-0.05, 0) is 50.2 Å². The lowest BCUT2D eigenvalue weighted by Crippen LogP contribution is -2.38. The number of piperidine rings is 1. The van der Waals surface area contributed by atoms with Gasteiger partial charge in [0.25, 0.3) is 0 Å². The lowest BCUT2D eigenvalue weighted by atomic mass is 10.1. The number of carbonyl (C=O) groups excluding carboxylic acids is 1. The molecule has 0 unspecified atom stereocenters. The molecule has 1 aromatic carbocycles. The van der Waals surface area contributed by atoms with Gasteiger partial charge in [0, 0.05) is 18.5 Å². The summed E-state index contributed by atoms with van der Waals surface area (Å²) < 4.78 is 5.59. The Bertz CT molecular complexity index is 438. The molecule has 1 heterocycles. The van der Waals surface area contributed by atoms with Gasteiger partial charge in [-0.15, -0.1) is 0 Å². The first-order chi connectivity index (χ1) is 10.2. The molecule has 0 aliphatic carbocycles. The molecule has 1 atom stereocenters. The van der Waals surface area contributed by atoms with Crippen molar-refractivity contribution in [2.45, 2.75) is 38.7 Å². The fraction of sp³-hybridized carbons (Fsp3) is 0.588. The Morgan fingerprint density at radius 3 is 2.52 bits per heavy atom. The van der Waals surface area contributed by atoms with Crippen molar-refractivity contribution in [3.63, 3.8) is 0 Å². The average Bonchev–Trinajstić information content (AvgIpc) is 2.53. The molecule has 0 bridgehead atoms. The standard InChI is InChI=1S/C17H25NO3/c1-2-17(20)14-6-8-16(9-7-14)21-13-15(19)12-18-10-4-3-5-11-18/h6-9,15,19H,2-5,10-13H2,1H3/t15-/m0/s1. The Morgan fingerprint density at radius 1 is 1.24 bits per heavy atom. The van der Waals surface area contributed by atoms with E-state index in [4.69, 9.17) is 4.74 Å². The molecule has 1 saturated heterocycles. The molecule has 0 saturated carbocycles. The minimum Gasteiger partial charge on any atom is -0.491 e. The molecule has 4 heteroatoms. The van der Waals surface area contributed by atoms with Crippen LogP contribution in [0.2, 0.25) is 0 Å². The Labute approximate surface area is 126 Å². The van der Waals surface area contributed by atoms with E-state index in [0.717, 1.165) is 13.1 Å². The summed E-state index contributed by atoms with van der Waals surface area (Å²) in [6, 6.07) is 7.13. The second-order valence-corrected chi connectivity index (χ2v) is 5.63. The largest absolute Gasteiger partial charge is 0.491 e. The Hall–Kier alpha value is -1.39. The van der Waals surface area contributed by atoms with Gasteiger partial charge in [-0.2, -0.15) is 0 Å². The van der Waals surface area contributed by atoms with E-state index in [0.29, 0.717) is 24.3 Å². The Balaban J connectivity index is 1.75. The molecule has 0 spiro atoms. The minimum absolute atomic E-state index is 0.131. The number of hydrogen-bond donors (Lipinski definition) is 1. The fourth-order valence-electron chi connectivity index (χ4n) is 2.63. The van der Waals surface area contributed by atoms with Crippen LogP contribution in [0, 0.1) is 0 Å². The molecule has 1 aliphatic heterocycles. The highest BCUT2D eigenvalue weighted by Gasteiger charge is 2.15. The summed E-state index contributed by atoms with van der Waals surface area (Å²) in [6.45, 7) is 4.96. The van der Waals surface area contributed by atoms with Crippen molar-refractivity contribution in [3.05, 3.63) is 29.8 Å². The number of ether oxygens (including phenoxy) is 1. The number of ketones is 1. The first-order valence-electron chi connectivity index (χ1n) is 7.85. The van der Waals surface area contributed by atoms with Crippen LogP contribution in [0.15, 0.2) is 24.3 Å². The number of benzene rings is 1. The molecule has 1 aromatic rings. The van der Waals surface area contributed by atoms with Gasteiger partial charge in [0.1, 0.15) is 18.5 Å². The summed E-state index contributed by atoms with van der Waals surface area (Å²) in [5.74, 6) is 0.826. The average molecular weight is 291 g/mol. The number of carbonyl (C=O) groups is 1. The van der Waals surface area contributed by atoms with E-state index in [1.807, 2.05) is 6.92 Å². The zero-order chi connectivity index (χ0) is 15.1. The van der Waals surface area contributed by atoms with Gasteiger partial charge in [0.15, 0.2) is 5.78 Å². The van der Waals surface area contributed by atoms with E-state index in [1.165, 1.54) is 19.3 Å². The van der Waals surface area contributed by atoms with Crippen LogP contribution in [0.1, 0.15) is 43.0 Å². The fourth-order valence-corrected chi connectivity index (χ4v) is 2.63. The third kappa shape index (κ3) is 5.14. The van der Waals surface area contributed by atoms with Crippen LogP contribution >= 0.6 is 0 Å². The summed E-state index contributed by atoms with van der Waals surface area (Å²) >= 11 is 0. The third-order valence-corrected chi connectivity index (χ3v) is 3.86. The highest BCUT2D eigenvalue weighted by atomic mass is 16.5. The Morgan fingerprint density at radius 2 is 1.90 bits per heavy atom. The number of rotatable bonds is 7. The van der Waals surface area contributed by atoms with Crippen molar-refractivity contribution in [1.82, 2.24) is 4.90 Å². The molecule has 2 rings (SSSR count). The van der Waals surface area contributed by atoms with Gasteiger partial charge in [0.2, 0.25) is 0 Å². The van der Waals surface area contributed by atoms with E-state index < -0.39 is 6.10 Å². The molecule has 1 aliphatic rings. The number of nitrogens with zero attached hydrogens (tertiary/aromatic N) is 1. The topological polar surface area (TPSA) is 49.8 Å². The van der Waals surface area contributed by atoms with Gasteiger partial charge < -0.3 is 14.7 Å². The van der Waals surface area contributed by atoms with E-state index in [9.17, 15) is 9.90 Å². The summed E-state index contributed by atoms with van der Waals surface area (Å²) in [6.07, 6.45) is 3.78. The minimum atomic E-state index is -0.472. The maximum Gasteiger partial charge on any atom is 0.162 e. The van der Waals surface area contributed by atoms with Crippen LogP contribution in [-0.4, -0.2) is 48.1 Å². The monoisotopic (exact) mass is 291 g/mol. The van der Waals surface area contributed by atoms with Gasteiger partial charge in [0.05, 0.1) is 0 Å². The molecule has 0 radical (unpaired) electrons. The number of likely N-dealkylation sites (tertiary alicyclic amines) is 1. The predicted octanol–water partition coefficient (Wildman–Crippen LogP) is 2.50. The maximum absolute atomic E-state index is 11.5. The number of aliphatic hydroxyl groups excluding tert-OH is 1. The van der Waals surface area contributed by atoms with E-state index >= 15 is 0 Å². The van der Waals surface area contributed by atoms with Crippen molar-refractivity contribution in [2.75, 3.05) is 26.2 Å². The van der Waals surface area contributed by atoms with Crippen molar-refractivity contribution in [2.24, 2.45) is 0 Å². The number of aliphatic hydroxyl groups is 1. The van der Waals surface area contributed by atoms with E-state index in [-0.39, 0.29) is 12.4 Å². The predicted molar refractivity (Wildman–Crippen MR) is 82.9 cm³/mol. The maximum atomic E-state index is 11.5. The molecular formula is C17H25NO3. The van der Waals surface area contributed by atoms with E-state index in [1.54, 1.807) is 24.3 Å². The summed E-state index contributed by atoms with van der Waals surface area (Å²) in [4.78, 5) is 13.8. The van der Waals surface area contributed by atoms with Crippen molar-refractivity contribution < 1.29 is 14.6 Å². The van der Waals surface area contributed by atoms with Crippen molar-refractivity contribution in [1.29, 1.82) is 0 Å². The molecule has 4 nitrogen and oxygen atoms in total. The van der Waals surface area contributed by atoms with Crippen molar-refractivity contribution in [3.8, 4) is 5.75 Å². The lowest BCUT2D eigenvalue weighted by Gasteiger charge is -2.28. The molecule has 1 N–H and O–H groups in total. The third-order valence-electron chi connectivity index (χ3n) is 3.86. The molecule has 1 fully saturated rings. The van der Waals surface area contributed by atoms with Gasteiger partial charge in [-0.3, -0.25) is 4.79 Å².